The van der Waals surface area contributed by atoms with Crippen molar-refractivity contribution in [2.24, 2.45) is 0 Å². The second-order valence-corrected chi connectivity index (χ2v) is 4.37. The molecule has 1 heterocycles. The number of rotatable bonds is 5. The van der Waals surface area contributed by atoms with Gasteiger partial charge in [-0.3, -0.25) is 14.8 Å². The molecule has 0 bridgehead atoms. The maximum Gasteiger partial charge on any atom is 0.241 e. The van der Waals surface area contributed by atoms with Crippen LogP contribution in [0.4, 0.5) is 0 Å². The first-order valence-corrected chi connectivity index (χ1v) is 6.15. The van der Waals surface area contributed by atoms with Crippen molar-refractivity contribution in [3.8, 4) is 0 Å². The Hall–Kier alpha value is -2.03. The molecule has 94 valence electrons. The molecule has 18 heavy (non-hydrogen) atoms. The highest BCUT2D eigenvalue weighted by Crippen LogP contribution is 2.18. The molecule has 0 atom stereocenters. The summed E-state index contributed by atoms with van der Waals surface area (Å²) in [7, 11) is 0. The van der Waals surface area contributed by atoms with E-state index in [0.717, 1.165) is 24.1 Å². The quantitative estimate of drug-likeness (QED) is 0.792. The third-order valence-electron chi connectivity index (χ3n) is 3.10. The molecular formula is C15H18N2O. The van der Waals surface area contributed by atoms with Crippen molar-refractivity contribution in [1.29, 1.82) is 0 Å². The topological polar surface area (TPSA) is 23.6 Å². The summed E-state index contributed by atoms with van der Waals surface area (Å²) in [5.74, 6) is 0.163. The van der Waals surface area contributed by atoms with Crippen LogP contribution >= 0.6 is 0 Å². The molecule has 3 nitrogen and oxygen atoms in total. The molecule has 2 rings (SSSR count). The van der Waals surface area contributed by atoms with E-state index >= 15 is 0 Å². The van der Waals surface area contributed by atoms with Gasteiger partial charge in [-0.25, -0.2) is 0 Å². The van der Waals surface area contributed by atoms with E-state index in [2.05, 4.69) is 13.2 Å². The van der Waals surface area contributed by atoms with Crippen LogP contribution in [0.15, 0.2) is 49.7 Å². The zero-order valence-corrected chi connectivity index (χ0v) is 10.5. The summed E-state index contributed by atoms with van der Waals surface area (Å²) in [6.45, 7) is 9.23. The summed E-state index contributed by atoms with van der Waals surface area (Å²) < 4.78 is 0. The Kier molecular flexibility index (Phi) is 3.82. The van der Waals surface area contributed by atoms with Gasteiger partial charge >= 0.3 is 0 Å². The Bertz CT molecular complexity index is 453. The fourth-order valence-corrected chi connectivity index (χ4v) is 2.11. The third-order valence-corrected chi connectivity index (χ3v) is 3.10. The van der Waals surface area contributed by atoms with Gasteiger partial charge in [0.2, 0.25) is 5.91 Å². The second kappa shape index (κ2) is 5.54. The van der Waals surface area contributed by atoms with Gasteiger partial charge in [0.25, 0.3) is 0 Å². The molecule has 3 heteroatoms. The Morgan fingerprint density at radius 2 is 2.11 bits per heavy atom. The molecule has 1 aromatic rings. The lowest BCUT2D eigenvalue weighted by Crippen LogP contribution is -2.40. The zero-order chi connectivity index (χ0) is 13.0. The molecule has 1 amide bonds. The largest absolute Gasteiger partial charge is 0.286 e. The normalized spacial score (nSPS) is 14.7. The average Bonchev–Trinajstić information content (AvgIpc) is 2.83. The van der Waals surface area contributed by atoms with E-state index in [4.69, 9.17) is 0 Å². The first-order chi connectivity index (χ1) is 8.72. The van der Waals surface area contributed by atoms with Gasteiger partial charge in [-0.1, -0.05) is 43.5 Å². The first kappa shape index (κ1) is 12.4. The summed E-state index contributed by atoms with van der Waals surface area (Å²) in [6, 6.07) is 10.00. The number of carbonyl (C=O) groups is 1. The number of amides is 1. The van der Waals surface area contributed by atoms with Crippen LogP contribution in [0.1, 0.15) is 18.4 Å². The number of nitrogens with zero attached hydrogens (tertiary/aromatic N) is 2. The highest BCUT2D eigenvalue weighted by molar-refractivity contribution is 5.78. The zero-order valence-electron chi connectivity index (χ0n) is 10.5. The number of hydrazine groups is 1. The predicted octanol–water partition coefficient (Wildman–Crippen LogP) is 2.68. The Balaban J connectivity index is 2.05. The van der Waals surface area contributed by atoms with E-state index in [1.165, 1.54) is 0 Å². The number of hydrogen-bond donors (Lipinski definition) is 0. The maximum atomic E-state index is 11.7. The van der Waals surface area contributed by atoms with Crippen molar-refractivity contribution in [2.75, 3.05) is 13.1 Å². The lowest BCUT2D eigenvalue weighted by atomic mass is 10.1. The average molecular weight is 242 g/mol. The van der Waals surface area contributed by atoms with E-state index in [9.17, 15) is 4.79 Å². The van der Waals surface area contributed by atoms with Gasteiger partial charge in [0.1, 0.15) is 0 Å². The minimum atomic E-state index is 0.163. The molecule has 0 spiro atoms. The van der Waals surface area contributed by atoms with Gasteiger partial charge in [-0.05, 0) is 17.6 Å². The Morgan fingerprint density at radius 1 is 1.39 bits per heavy atom. The number of benzene rings is 1. The number of carbonyl (C=O) groups excluding carboxylic acids is 1. The van der Waals surface area contributed by atoms with Gasteiger partial charge in [0.15, 0.2) is 0 Å². The molecule has 0 unspecified atom stereocenters. The highest BCUT2D eigenvalue weighted by atomic mass is 16.2. The third kappa shape index (κ3) is 2.62. The molecule has 0 aliphatic carbocycles. The van der Waals surface area contributed by atoms with Gasteiger partial charge in [-0.2, -0.15) is 0 Å². The fraction of sp³-hybridized carbons (Fsp3) is 0.267. The van der Waals surface area contributed by atoms with E-state index in [1.54, 1.807) is 11.2 Å². The van der Waals surface area contributed by atoms with Crippen molar-refractivity contribution in [3.63, 3.8) is 0 Å². The molecule has 1 aliphatic rings. The predicted molar refractivity (Wildman–Crippen MR) is 73.3 cm³/mol. The highest BCUT2D eigenvalue weighted by Gasteiger charge is 2.24. The van der Waals surface area contributed by atoms with Crippen molar-refractivity contribution in [1.82, 2.24) is 10.0 Å². The molecule has 0 saturated carbocycles. The van der Waals surface area contributed by atoms with Crippen molar-refractivity contribution in [3.05, 3.63) is 55.3 Å². The van der Waals surface area contributed by atoms with Crippen LogP contribution in [0.25, 0.3) is 5.57 Å². The monoisotopic (exact) mass is 242 g/mol. The van der Waals surface area contributed by atoms with Crippen LogP contribution in [-0.2, 0) is 4.79 Å². The standard InChI is InChI=1S/C15H18N2O/c1-3-16(17-11-7-10-15(17)18)12-13(2)14-8-5-4-6-9-14/h3-6,8-9H,1-2,7,10-12H2. The van der Waals surface area contributed by atoms with E-state index in [0.29, 0.717) is 13.0 Å². The van der Waals surface area contributed by atoms with Crippen LogP contribution in [0.5, 0.6) is 0 Å². The molecular weight excluding hydrogens is 224 g/mol. The minimum absolute atomic E-state index is 0.163. The van der Waals surface area contributed by atoms with Crippen LogP contribution in [0, 0.1) is 0 Å². The van der Waals surface area contributed by atoms with E-state index in [1.807, 2.05) is 35.3 Å². The minimum Gasteiger partial charge on any atom is -0.286 e. The molecule has 0 aromatic heterocycles. The van der Waals surface area contributed by atoms with Crippen molar-refractivity contribution >= 4 is 11.5 Å². The van der Waals surface area contributed by atoms with E-state index in [-0.39, 0.29) is 5.91 Å². The lowest BCUT2D eigenvalue weighted by molar-refractivity contribution is -0.138. The first-order valence-electron chi connectivity index (χ1n) is 6.15. The molecule has 0 N–H and O–H groups in total. The molecule has 1 aromatic carbocycles. The molecule has 1 saturated heterocycles. The smallest absolute Gasteiger partial charge is 0.241 e. The summed E-state index contributed by atoms with van der Waals surface area (Å²) in [5.41, 5.74) is 2.08. The Labute approximate surface area is 108 Å². The van der Waals surface area contributed by atoms with Gasteiger partial charge in [-0.15, -0.1) is 0 Å². The summed E-state index contributed by atoms with van der Waals surface area (Å²) in [4.78, 5) is 11.7. The van der Waals surface area contributed by atoms with Crippen molar-refractivity contribution < 1.29 is 4.79 Å². The van der Waals surface area contributed by atoms with Gasteiger partial charge < -0.3 is 0 Å². The van der Waals surface area contributed by atoms with Gasteiger partial charge in [0, 0.05) is 19.2 Å². The van der Waals surface area contributed by atoms with E-state index < -0.39 is 0 Å². The van der Waals surface area contributed by atoms with Crippen LogP contribution in [0.2, 0.25) is 0 Å². The summed E-state index contributed by atoms with van der Waals surface area (Å²) >= 11 is 0. The van der Waals surface area contributed by atoms with Crippen LogP contribution in [0.3, 0.4) is 0 Å². The maximum absolute atomic E-state index is 11.7. The van der Waals surface area contributed by atoms with Crippen LogP contribution < -0.4 is 0 Å². The summed E-state index contributed by atoms with van der Waals surface area (Å²) in [6.07, 6.45) is 3.24. The summed E-state index contributed by atoms with van der Waals surface area (Å²) in [5, 5.41) is 3.60. The van der Waals surface area contributed by atoms with Gasteiger partial charge in [0.05, 0.1) is 6.54 Å². The SMILES string of the molecule is C=CN(CC(=C)c1ccccc1)N1CCCC1=O. The number of hydrogen-bond acceptors (Lipinski definition) is 2. The molecule has 1 aliphatic heterocycles. The fourth-order valence-electron chi connectivity index (χ4n) is 2.11. The van der Waals surface area contributed by atoms with Crippen molar-refractivity contribution in [2.45, 2.75) is 12.8 Å². The second-order valence-electron chi connectivity index (χ2n) is 4.37. The molecule has 1 fully saturated rings. The molecule has 0 radical (unpaired) electrons. The Morgan fingerprint density at radius 3 is 2.67 bits per heavy atom. The van der Waals surface area contributed by atoms with Crippen LogP contribution in [-0.4, -0.2) is 29.0 Å². The lowest BCUT2D eigenvalue weighted by Gasteiger charge is -2.30.